The molecule has 1 atom stereocenters. The Labute approximate surface area is 178 Å². The minimum absolute atomic E-state index is 0.101. The summed E-state index contributed by atoms with van der Waals surface area (Å²) >= 11 is 5.89. The number of hydrogen-bond donors (Lipinski definition) is 3. The van der Waals surface area contributed by atoms with Crippen LogP contribution in [-0.4, -0.2) is 44.6 Å². The van der Waals surface area contributed by atoms with Gasteiger partial charge in [-0.05, 0) is 46.7 Å². The lowest BCUT2D eigenvalue weighted by molar-refractivity contribution is 0.247. The first-order valence-corrected chi connectivity index (χ1v) is 9.95. The molecule has 1 aromatic heterocycles. The van der Waals surface area contributed by atoms with Crippen molar-refractivity contribution in [2.24, 2.45) is 0 Å². The van der Waals surface area contributed by atoms with Gasteiger partial charge in [0.05, 0.1) is 25.8 Å². The Kier molecular flexibility index (Phi) is 6.10. The lowest BCUT2D eigenvalue weighted by Crippen LogP contribution is -2.34. The van der Waals surface area contributed by atoms with Crippen LogP contribution in [0.4, 0.5) is 10.5 Å². The number of aromatic nitrogens is 4. The quantitative estimate of drug-likeness (QED) is 0.532. The van der Waals surface area contributed by atoms with Gasteiger partial charge in [0.15, 0.2) is 5.82 Å². The monoisotopic (exact) mass is 428 g/mol. The molecule has 1 aliphatic heterocycles. The lowest BCUT2D eigenvalue weighted by Gasteiger charge is -2.17. The minimum atomic E-state index is -0.509. The van der Waals surface area contributed by atoms with Gasteiger partial charge >= 0.3 is 6.03 Å². The molecule has 9 nitrogen and oxygen atoms in total. The molecule has 0 bridgehead atoms. The summed E-state index contributed by atoms with van der Waals surface area (Å²) in [6.45, 7) is 0.809. The number of aliphatic hydroxyl groups excluding tert-OH is 1. The van der Waals surface area contributed by atoms with Crippen molar-refractivity contribution < 1.29 is 14.6 Å². The van der Waals surface area contributed by atoms with Gasteiger partial charge in [-0.2, -0.15) is 4.80 Å². The second kappa shape index (κ2) is 9.10. The zero-order valence-electron chi connectivity index (χ0n) is 16.1. The Morgan fingerprint density at radius 1 is 1.27 bits per heavy atom. The molecule has 0 unspecified atom stereocenters. The summed E-state index contributed by atoms with van der Waals surface area (Å²) < 4.78 is 5.56. The molecule has 0 fully saturated rings. The number of fused-ring (bicyclic) bond motifs is 1. The van der Waals surface area contributed by atoms with Crippen molar-refractivity contribution in [3.63, 3.8) is 0 Å². The highest BCUT2D eigenvalue weighted by Crippen LogP contribution is 2.27. The molecule has 0 saturated carbocycles. The molecule has 3 N–H and O–H groups in total. The topological polar surface area (TPSA) is 114 Å². The van der Waals surface area contributed by atoms with Gasteiger partial charge in [0.2, 0.25) is 0 Å². The molecule has 4 rings (SSSR count). The summed E-state index contributed by atoms with van der Waals surface area (Å²) in [6, 6.07) is 11.9. The van der Waals surface area contributed by atoms with Crippen molar-refractivity contribution in [2.45, 2.75) is 25.4 Å². The highest BCUT2D eigenvalue weighted by atomic mass is 35.5. The van der Waals surface area contributed by atoms with Crippen molar-refractivity contribution >= 4 is 23.3 Å². The third-order valence-electron chi connectivity index (χ3n) is 4.68. The molecule has 10 heteroatoms. The van der Waals surface area contributed by atoms with Gasteiger partial charge in [-0.3, -0.25) is 0 Å². The van der Waals surface area contributed by atoms with Gasteiger partial charge in [0, 0.05) is 23.6 Å². The van der Waals surface area contributed by atoms with E-state index in [4.69, 9.17) is 21.4 Å². The largest absolute Gasteiger partial charge is 0.493 e. The Balaban J connectivity index is 1.51. The fourth-order valence-corrected chi connectivity index (χ4v) is 3.37. The maximum Gasteiger partial charge on any atom is 0.319 e. The van der Waals surface area contributed by atoms with Crippen LogP contribution in [0.1, 0.15) is 23.0 Å². The summed E-state index contributed by atoms with van der Waals surface area (Å²) in [5.74, 6) is 1.27. The predicted molar refractivity (Wildman–Crippen MR) is 111 cm³/mol. The second-order valence-corrected chi connectivity index (χ2v) is 7.31. The predicted octanol–water partition coefficient (Wildman–Crippen LogP) is 2.36. The van der Waals surface area contributed by atoms with Crippen LogP contribution in [0.15, 0.2) is 42.5 Å². The van der Waals surface area contributed by atoms with Crippen LogP contribution in [0.2, 0.25) is 5.02 Å². The van der Waals surface area contributed by atoms with Crippen LogP contribution >= 0.6 is 11.6 Å². The van der Waals surface area contributed by atoms with Crippen LogP contribution in [0, 0.1) is 0 Å². The van der Waals surface area contributed by atoms with Crippen molar-refractivity contribution in [1.29, 1.82) is 0 Å². The van der Waals surface area contributed by atoms with E-state index in [2.05, 4.69) is 32.1 Å². The number of halogens is 1. The van der Waals surface area contributed by atoms with Crippen molar-refractivity contribution in [3.05, 3.63) is 64.4 Å². The third-order valence-corrected chi connectivity index (χ3v) is 4.93. The molecule has 2 aromatic carbocycles. The first-order valence-electron chi connectivity index (χ1n) is 9.57. The van der Waals surface area contributed by atoms with Crippen molar-refractivity contribution in [3.8, 4) is 5.75 Å². The fourth-order valence-electron chi connectivity index (χ4n) is 3.25. The molecular formula is C20H21ClN6O3. The minimum Gasteiger partial charge on any atom is -0.493 e. The van der Waals surface area contributed by atoms with Crippen molar-refractivity contribution in [2.75, 3.05) is 18.5 Å². The number of benzene rings is 2. The van der Waals surface area contributed by atoms with E-state index < -0.39 is 12.1 Å². The fraction of sp³-hybridized carbons (Fsp3) is 0.300. The Bertz CT molecular complexity index is 1020. The van der Waals surface area contributed by atoms with E-state index in [9.17, 15) is 4.79 Å². The molecule has 0 saturated heterocycles. The number of amides is 2. The molecule has 3 aromatic rings. The molecule has 0 aliphatic carbocycles. The number of ether oxygens (including phenoxy) is 1. The smallest absolute Gasteiger partial charge is 0.319 e. The number of anilines is 1. The first kappa shape index (κ1) is 20.1. The number of aliphatic hydroxyl groups is 1. The number of hydrogen-bond acceptors (Lipinski definition) is 6. The third kappa shape index (κ3) is 4.87. The second-order valence-electron chi connectivity index (χ2n) is 6.87. The number of urea groups is 1. The summed E-state index contributed by atoms with van der Waals surface area (Å²) in [5.41, 5.74) is 2.78. The number of nitrogens with one attached hydrogen (secondary N) is 2. The molecular weight excluding hydrogens is 408 g/mol. The van der Waals surface area contributed by atoms with Gasteiger partial charge in [0.25, 0.3) is 0 Å². The lowest BCUT2D eigenvalue weighted by atomic mass is 10.0. The Hall–Kier alpha value is -3.17. The normalized spacial score (nSPS) is 13.4. The van der Waals surface area contributed by atoms with E-state index in [-0.39, 0.29) is 13.2 Å². The number of carbonyl (C=O) groups is 1. The average molecular weight is 429 g/mol. The maximum atomic E-state index is 12.6. The van der Waals surface area contributed by atoms with Crippen LogP contribution in [0.5, 0.6) is 5.75 Å². The molecule has 0 radical (unpaired) electrons. The Morgan fingerprint density at radius 2 is 2.10 bits per heavy atom. The van der Waals surface area contributed by atoms with E-state index in [0.717, 1.165) is 23.3 Å². The van der Waals surface area contributed by atoms with Gasteiger partial charge in [-0.1, -0.05) is 23.7 Å². The number of tetrazole rings is 1. The average Bonchev–Trinajstić information content (AvgIpc) is 3.38. The van der Waals surface area contributed by atoms with Crippen LogP contribution < -0.4 is 15.4 Å². The summed E-state index contributed by atoms with van der Waals surface area (Å²) in [4.78, 5) is 13.9. The summed E-state index contributed by atoms with van der Waals surface area (Å²) in [7, 11) is 0. The molecule has 30 heavy (non-hydrogen) atoms. The van der Waals surface area contributed by atoms with Crippen molar-refractivity contribution in [1.82, 2.24) is 25.5 Å². The molecule has 0 spiro atoms. The highest BCUT2D eigenvalue weighted by Gasteiger charge is 2.22. The molecule has 1 aliphatic rings. The van der Waals surface area contributed by atoms with Crippen LogP contribution in [0.3, 0.4) is 0 Å². The summed E-state index contributed by atoms with van der Waals surface area (Å²) in [5, 5.41) is 27.7. The molecule has 2 heterocycles. The number of rotatable bonds is 7. The van der Waals surface area contributed by atoms with E-state index in [1.54, 1.807) is 24.3 Å². The summed E-state index contributed by atoms with van der Waals surface area (Å²) in [6.07, 6.45) is 1.34. The van der Waals surface area contributed by atoms with Gasteiger partial charge in [-0.15, -0.1) is 10.2 Å². The molecule has 2 amide bonds. The maximum absolute atomic E-state index is 12.6. The van der Waals surface area contributed by atoms with Gasteiger partial charge < -0.3 is 20.5 Å². The van der Waals surface area contributed by atoms with E-state index >= 15 is 0 Å². The highest BCUT2D eigenvalue weighted by molar-refractivity contribution is 6.30. The standard InChI is InChI=1S/C20H21ClN6O3/c21-15-2-4-16(5-3-15)22-20(29)23-17(19-24-26-27(25-19)8-9-28)12-13-1-6-18-14(11-13)7-10-30-18/h1-6,11,17,28H,7-10,12H2,(H2,22,23,29)/t17-/m0/s1. The van der Waals surface area contributed by atoms with Gasteiger partial charge in [0.1, 0.15) is 5.75 Å². The van der Waals surface area contributed by atoms with Gasteiger partial charge in [-0.25, -0.2) is 4.79 Å². The molecule has 156 valence electrons. The number of carbonyl (C=O) groups excluding carboxylic acids is 1. The zero-order valence-corrected chi connectivity index (χ0v) is 16.8. The Morgan fingerprint density at radius 3 is 2.90 bits per heavy atom. The van der Waals surface area contributed by atoms with E-state index in [1.165, 1.54) is 4.80 Å². The van der Waals surface area contributed by atoms with Crippen LogP contribution in [0.25, 0.3) is 0 Å². The zero-order chi connectivity index (χ0) is 20.9. The first-order chi connectivity index (χ1) is 14.6. The SMILES string of the molecule is O=C(Nc1ccc(Cl)cc1)N[C@@H](Cc1ccc2c(c1)CCO2)c1nnn(CCO)n1. The number of nitrogens with zero attached hydrogens (tertiary/aromatic N) is 4. The van der Waals surface area contributed by atoms with E-state index in [0.29, 0.717) is 29.6 Å². The van der Waals surface area contributed by atoms with E-state index in [1.807, 2.05) is 12.1 Å². The van der Waals surface area contributed by atoms with Crippen LogP contribution in [-0.2, 0) is 19.4 Å².